The fourth-order valence-corrected chi connectivity index (χ4v) is 1.44. The van der Waals surface area contributed by atoms with Crippen molar-refractivity contribution in [1.29, 1.82) is 0 Å². The zero-order valence-electron chi connectivity index (χ0n) is 9.18. The van der Waals surface area contributed by atoms with Crippen LogP contribution in [0.1, 0.15) is 0 Å². The highest BCUT2D eigenvalue weighted by molar-refractivity contribution is 6.31. The molecule has 0 amide bonds. The van der Waals surface area contributed by atoms with Crippen LogP contribution in [0, 0.1) is 0 Å². The molecule has 88 valence electrons. The number of nitrogens with two attached hydrogens (primary N) is 1. The van der Waals surface area contributed by atoms with Gasteiger partial charge in [-0.25, -0.2) is 4.98 Å². The number of hydrogen-bond acceptors (Lipinski definition) is 4. The van der Waals surface area contributed by atoms with E-state index in [0.29, 0.717) is 28.1 Å². The molecule has 2 N–H and O–H groups in total. The van der Waals surface area contributed by atoms with E-state index in [1.165, 1.54) is 0 Å². The number of ether oxygens (including phenoxy) is 2. The number of halogens is 1. The number of aromatic nitrogens is 1. The Bertz CT molecular complexity index is 532. The molecule has 0 atom stereocenters. The summed E-state index contributed by atoms with van der Waals surface area (Å²) in [4.78, 5) is 4.02. The van der Waals surface area contributed by atoms with Gasteiger partial charge >= 0.3 is 0 Å². The lowest BCUT2D eigenvalue weighted by molar-refractivity contribution is 0.408. The van der Waals surface area contributed by atoms with E-state index in [9.17, 15) is 0 Å². The Labute approximate surface area is 104 Å². The fraction of sp³-hybridized carbons (Fsp3) is 0.0833. The second kappa shape index (κ2) is 4.93. The van der Waals surface area contributed by atoms with Crippen LogP contribution in [0.15, 0.2) is 36.5 Å². The topological polar surface area (TPSA) is 57.4 Å². The first kappa shape index (κ1) is 11.5. The summed E-state index contributed by atoms with van der Waals surface area (Å²) >= 11 is 5.94. The molecule has 0 spiro atoms. The summed E-state index contributed by atoms with van der Waals surface area (Å²) in [5.41, 5.74) is 6.28. The molecule has 0 aliphatic carbocycles. The molecular weight excluding hydrogens is 240 g/mol. The summed E-state index contributed by atoms with van der Waals surface area (Å²) in [6.07, 6.45) is 1.59. The summed E-state index contributed by atoms with van der Waals surface area (Å²) in [5, 5.41) is 0.426. The van der Waals surface area contributed by atoms with Gasteiger partial charge in [-0.15, -0.1) is 0 Å². The Morgan fingerprint density at radius 2 is 2.12 bits per heavy atom. The van der Waals surface area contributed by atoms with Crippen LogP contribution in [0.4, 0.5) is 5.69 Å². The zero-order valence-corrected chi connectivity index (χ0v) is 9.94. The Kier molecular flexibility index (Phi) is 3.35. The summed E-state index contributed by atoms with van der Waals surface area (Å²) in [6, 6.07) is 8.55. The van der Waals surface area contributed by atoms with Crippen LogP contribution in [0.3, 0.4) is 0 Å². The van der Waals surface area contributed by atoms with Gasteiger partial charge in [0.25, 0.3) is 0 Å². The minimum absolute atomic E-state index is 0.314. The fourth-order valence-electron chi connectivity index (χ4n) is 1.28. The van der Waals surface area contributed by atoms with Crippen molar-refractivity contribution < 1.29 is 9.47 Å². The molecule has 1 aromatic heterocycles. The third-order valence-corrected chi connectivity index (χ3v) is 2.44. The molecule has 1 heterocycles. The first-order valence-corrected chi connectivity index (χ1v) is 5.30. The minimum Gasteiger partial charge on any atom is -0.497 e. The van der Waals surface area contributed by atoms with E-state index < -0.39 is 0 Å². The predicted octanol–water partition coefficient (Wildman–Crippen LogP) is 3.12. The number of hydrogen-bond donors (Lipinski definition) is 1. The van der Waals surface area contributed by atoms with Crippen LogP contribution < -0.4 is 15.2 Å². The summed E-state index contributed by atoms with van der Waals surface area (Å²) in [5.74, 6) is 1.43. The average molecular weight is 251 g/mol. The van der Waals surface area contributed by atoms with E-state index in [0.717, 1.165) is 0 Å². The third kappa shape index (κ3) is 2.60. The van der Waals surface area contributed by atoms with Gasteiger partial charge in [-0.2, -0.15) is 0 Å². The maximum atomic E-state index is 5.94. The van der Waals surface area contributed by atoms with Gasteiger partial charge < -0.3 is 15.2 Å². The van der Waals surface area contributed by atoms with Crippen LogP contribution in [0.25, 0.3) is 0 Å². The second-order valence-corrected chi connectivity index (χ2v) is 3.70. The van der Waals surface area contributed by atoms with Crippen LogP contribution in [-0.4, -0.2) is 12.1 Å². The molecule has 17 heavy (non-hydrogen) atoms. The van der Waals surface area contributed by atoms with Crippen LogP contribution in [0.5, 0.6) is 17.4 Å². The van der Waals surface area contributed by atoms with Crippen LogP contribution in [0.2, 0.25) is 5.02 Å². The van der Waals surface area contributed by atoms with Crippen molar-refractivity contribution in [3.63, 3.8) is 0 Å². The molecule has 2 rings (SSSR count). The van der Waals surface area contributed by atoms with Gasteiger partial charge in [0, 0.05) is 12.3 Å². The molecule has 0 aliphatic heterocycles. The molecule has 0 aliphatic rings. The normalized spacial score (nSPS) is 10.0. The van der Waals surface area contributed by atoms with E-state index >= 15 is 0 Å². The van der Waals surface area contributed by atoms with Gasteiger partial charge in [-0.3, -0.25) is 0 Å². The number of pyridine rings is 1. The van der Waals surface area contributed by atoms with E-state index in [1.807, 2.05) is 0 Å². The van der Waals surface area contributed by atoms with E-state index in [2.05, 4.69) is 4.98 Å². The van der Waals surface area contributed by atoms with Crippen molar-refractivity contribution in [2.45, 2.75) is 0 Å². The van der Waals surface area contributed by atoms with Gasteiger partial charge in [0.05, 0.1) is 12.8 Å². The molecule has 0 saturated heterocycles. The summed E-state index contributed by atoms with van der Waals surface area (Å²) in [6.45, 7) is 0. The molecule has 0 saturated carbocycles. The van der Waals surface area contributed by atoms with Gasteiger partial charge in [0.2, 0.25) is 5.88 Å². The van der Waals surface area contributed by atoms with Crippen molar-refractivity contribution in [2.24, 2.45) is 0 Å². The third-order valence-electron chi connectivity index (χ3n) is 2.15. The van der Waals surface area contributed by atoms with Crippen molar-refractivity contribution in [2.75, 3.05) is 12.8 Å². The first-order chi connectivity index (χ1) is 8.20. The lowest BCUT2D eigenvalue weighted by Gasteiger charge is -2.09. The number of anilines is 1. The second-order valence-electron chi connectivity index (χ2n) is 3.30. The summed E-state index contributed by atoms with van der Waals surface area (Å²) in [7, 11) is 1.57. The maximum absolute atomic E-state index is 5.94. The number of rotatable bonds is 3. The lowest BCUT2D eigenvalue weighted by Crippen LogP contribution is -1.95. The van der Waals surface area contributed by atoms with Crippen molar-refractivity contribution in [1.82, 2.24) is 4.98 Å². The molecule has 2 aromatic rings. The highest BCUT2D eigenvalue weighted by Gasteiger charge is 2.07. The zero-order chi connectivity index (χ0) is 12.3. The quantitative estimate of drug-likeness (QED) is 0.851. The monoisotopic (exact) mass is 250 g/mol. The molecule has 5 heteroatoms. The van der Waals surface area contributed by atoms with E-state index in [4.69, 9.17) is 26.8 Å². The lowest BCUT2D eigenvalue weighted by atomic mass is 10.3. The van der Waals surface area contributed by atoms with E-state index in [-0.39, 0.29) is 0 Å². The largest absolute Gasteiger partial charge is 0.497 e. The van der Waals surface area contributed by atoms with Crippen molar-refractivity contribution in [3.8, 4) is 17.4 Å². The molecule has 0 bridgehead atoms. The number of benzene rings is 1. The highest BCUT2D eigenvalue weighted by atomic mass is 35.5. The maximum Gasteiger partial charge on any atom is 0.238 e. The van der Waals surface area contributed by atoms with Gasteiger partial charge in [-0.05, 0) is 24.3 Å². The number of nitrogens with zero attached hydrogens (tertiary/aromatic N) is 1. The molecule has 1 aromatic carbocycles. The highest BCUT2D eigenvalue weighted by Crippen LogP contribution is 2.32. The smallest absolute Gasteiger partial charge is 0.238 e. The molecule has 4 nitrogen and oxygen atoms in total. The average Bonchev–Trinajstić information content (AvgIpc) is 2.35. The Balaban J connectivity index is 2.32. The van der Waals surface area contributed by atoms with Crippen LogP contribution >= 0.6 is 11.6 Å². The molecular formula is C12H11ClN2O2. The number of nitrogen functional groups attached to an aromatic ring is 1. The van der Waals surface area contributed by atoms with Crippen LogP contribution in [-0.2, 0) is 0 Å². The molecule has 0 unspecified atom stereocenters. The Morgan fingerprint density at radius 3 is 2.82 bits per heavy atom. The number of methoxy groups -OCH3 is 1. The van der Waals surface area contributed by atoms with Gasteiger partial charge in [0.15, 0.2) is 5.75 Å². The van der Waals surface area contributed by atoms with Gasteiger partial charge in [0.1, 0.15) is 10.8 Å². The molecule has 0 fully saturated rings. The van der Waals surface area contributed by atoms with Crippen molar-refractivity contribution in [3.05, 3.63) is 41.6 Å². The minimum atomic E-state index is 0.314. The Hall–Kier alpha value is -1.94. The van der Waals surface area contributed by atoms with Gasteiger partial charge in [-0.1, -0.05) is 11.6 Å². The molecule has 0 radical (unpaired) electrons. The summed E-state index contributed by atoms with van der Waals surface area (Å²) < 4.78 is 10.6. The SMILES string of the molecule is COc1ccc(N)c(Oc2ncccc2Cl)c1. The van der Waals surface area contributed by atoms with E-state index in [1.54, 1.807) is 43.6 Å². The first-order valence-electron chi connectivity index (χ1n) is 4.92. The predicted molar refractivity (Wildman–Crippen MR) is 66.7 cm³/mol. The standard InChI is InChI=1S/C12H11ClN2O2/c1-16-8-4-5-10(14)11(7-8)17-12-9(13)3-2-6-15-12/h2-7H,14H2,1H3. The van der Waals surface area contributed by atoms with Crippen molar-refractivity contribution >= 4 is 17.3 Å². The Morgan fingerprint density at radius 1 is 1.29 bits per heavy atom.